The third kappa shape index (κ3) is 26.9. The van der Waals surface area contributed by atoms with Gasteiger partial charge in [-0.1, -0.05) is 116 Å². The molecular formula is C29H63N3O5P+. The van der Waals surface area contributed by atoms with Crippen molar-refractivity contribution in [3.05, 3.63) is 0 Å². The number of nitrogens with zero attached hydrogens (tertiary/aromatic N) is 2. The molecule has 228 valence electrons. The van der Waals surface area contributed by atoms with Gasteiger partial charge in [0.2, 0.25) is 0 Å². The van der Waals surface area contributed by atoms with Crippen LogP contribution in [0, 0.1) is 0 Å². The quantitative estimate of drug-likeness (QED) is 0.0612. The molecule has 9 heteroatoms. The normalized spacial score (nSPS) is 13.4. The van der Waals surface area contributed by atoms with E-state index in [0.29, 0.717) is 17.6 Å². The maximum Gasteiger partial charge on any atom is 0.472 e. The van der Waals surface area contributed by atoms with Crippen molar-refractivity contribution >= 4 is 13.9 Å². The number of nitrogens with one attached hydrogen (secondary N) is 1. The van der Waals surface area contributed by atoms with Crippen LogP contribution in [-0.4, -0.2) is 81.3 Å². The fourth-order valence-electron chi connectivity index (χ4n) is 4.22. The van der Waals surface area contributed by atoms with Gasteiger partial charge in [-0.05, 0) is 6.42 Å². The Bertz CT molecular complexity index is 601. The SMILES string of the molecule is CCCCCCCCCCCCCCCCCCCCNC(=O)N(C)CCOP(=O)(O)OCC[N+](C)(C)C. The van der Waals surface area contributed by atoms with Gasteiger partial charge in [0.05, 0.1) is 27.7 Å². The highest BCUT2D eigenvalue weighted by molar-refractivity contribution is 7.47. The molecule has 0 aromatic carbocycles. The Hall–Kier alpha value is -0.660. The van der Waals surface area contributed by atoms with E-state index >= 15 is 0 Å². The fraction of sp³-hybridized carbons (Fsp3) is 0.966. The van der Waals surface area contributed by atoms with E-state index in [4.69, 9.17) is 9.05 Å². The molecule has 38 heavy (non-hydrogen) atoms. The summed E-state index contributed by atoms with van der Waals surface area (Å²) in [5.41, 5.74) is 0. The van der Waals surface area contributed by atoms with Crippen molar-refractivity contribution in [3.63, 3.8) is 0 Å². The van der Waals surface area contributed by atoms with Crippen molar-refractivity contribution in [2.45, 2.75) is 122 Å². The van der Waals surface area contributed by atoms with Crippen LogP contribution < -0.4 is 5.32 Å². The maximum atomic E-state index is 12.2. The summed E-state index contributed by atoms with van der Waals surface area (Å²) in [6.07, 6.45) is 24.2. The maximum absolute atomic E-state index is 12.2. The standard InChI is InChI=1S/C29H62N3O5P/c1-6-7-8-9-10-11-12-13-14-15-16-17-18-19-20-21-22-23-24-30-29(33)31(2)25-27-36-38(34,35)37-28-26-32(3,4)5/h6-28H2,1-5H3,(H-,30,33,34,35)/p+1. The molecule has 1 unspecified atom stereocenters. The molecule has 0 aliphatic carbocycles. The molecule has 0 heterocycles. The first-order valence-corrected chi connectivity index (χ1v) is 17.0. The smallest absolute Gasteiger partial charge is 0.338 e. The molecule has 0 aromatic rings. The molecule has 0 rings (SSSR count). The van der Waals surface area contributed by atoms with Gasteiger partial charge in [-0.15, -0.1) is 0 Å². The number of carbonyl (C=O) groups excluding carboxylic acids is 1. The number of likely N-dealkylation sites (N-methyl/N-ethyl adjacent to an activating group) is 2. The van der Waals surface area contributed by atoms with E-state index in [1.807, 2.05) is 21.1 Å². The number of phosphoric acid groups is 1. The zero-order valence-electron chi connectivity index (χ0n) is 25.7. The van der Waals surface area contributed by atoms with Crippen LogP contribution in [0.2, 0.25) is 0 Å². The Kier molecular flexibility index (Phi) is 23.7. The zero-order valence-corrected chi connectivity index (χ0v) is 26.6. The molecule has 0 saturated carbocycles. The summed E-state index contributed by atoms with van der Waals surface area (Å²) >= 11 is 0. The van der Waals surface area contributed by atoms with Gasteiger partial charge in [0, 0.05) is 20.1 Å². The van der Waals surface area contributed by atoms with Crippen LogP contribution in [0.4, 0.5) is 4.79 Å². The minimum atomic E-state index is -4.09. The number of urea groups is 1. The monoisotopic (exact) mass is 564 g/mol. The van der Waals surface area contributed by atoms with E-state index < -0.39 is 7.82 Å². The Morgan fingerprint density at radius 1 is 0.737 bits per heavy atom. The van der Waals surface area contributed by atoms with Gasteiger partial charge in [0.25, 0.3) is 0 Å². The van der Waals surface area contributed by atoms with E-state index in [1.54, 1.807) is 7.05 Å². The highest BCUT2D eigenvalue weighted by Crippen LogP contribution is 2.42. The minimum absolute atomic E-state index is 0.0543. The summed E-state index contributed by atoms with van der Waals surface area (Å²) in [5.74, 6) is 0. The molecule has 1 atom stereocenters. The van der Waals surface area contributed by atoms with Gasteiger partial charge < -0.3 is 19.6 Å². The second-order valence-corrected chi connectivity index (χ2v) is 13.3. The highest BCUT2D eigenvalue weighted by Gasteiger charge is 2.22. The number of amides is 2. The number of rotatable bonds is 27. The summed E-state index contributed by atoms with van der Waals surface area (Å²) in [6.45, 7) is 3.81. The van der Waals surface area contributed by atoms with E-state index in [0.717, 1.165) is 12.8 Å². The van der Waals surface area contributed by atoms with E-state index in [9.17, 15) is 14.3 Å². The largest absolute Gasteiger partial charge is 0.472 e. The zero-order chi connectivity index (χ0) is 28.5. The molecule has 0 radical (unpaired) electrons. The third-order valence-corrected chi connectivity index (χ3v) is 7.87. The number of hydrogen-bond donors (Lipinski definition) is 2. The van der Waals surface area contributed by atoms with E-state index in [-0.39, 0.29) is 25.8 Å². The molecule has 0 saturated heterocycles. The van der Waals surface area contributed by atoms with Crippen LogP contribution >= 0.6 is 7.82 Å². The average molecular weight is 565 g/mol. The number of carbonyl (C=O) groups is 1. The molecule has 0 fully saturated rings. The number of quaternary nitrogens is 1. The van der Waals surface area contributed by atoms with Crippen LogP contribution in [0.5, 0.6) is 0 Å². The molecule has 2 amide bonds. The van der Waals surface area contributed by atoms with Crippen molar-refractivity contribution in [2.24, 2.45) is 0 Å². The van der Waals surface area contributed by atoms with Crippen molar-refractivity contribution in [1.82, 2.24) is 10.2 Å². The fourth-order valence-corrected chi connectivity index (χ4v) is 4.92. The Morgan fingerprint density at radius 2 is 1.13 bits per heavy atom. The molecule has 0 aliphatic rings. The first-order chi connectivity index (χ1) is 18.1. The number of unbranched alkanes of at least 4 members (excludes halogenated alkanes) is 17. The van der Waals surface area contributed by atoms with Crippen molar-refractivity contribution in [1.29, 1.82) is 0 Å². The number of phosphoric ester groups is 1. The summed E-state index contributed by atoms with van der Waals surface area (Å²) in [6, 6.07) is -0.195. The van der Waals surface area contributed by atoms with Crippen LogP contribution in [-0.2, 0) is 13.6 Å². The first kappa shape index (κ1) is 37.3. The van der Waals surface area contributed by atoms with Crippen molar-refractivity contribution < 1.29 is 27.8 Å². The lowest BCUT2D eigenvalue weighted by atomic mass is 10.0. The molecular weight excluding hydrogens is 501 g/mol. The predicted molar refractivity (Wildman–Crippen MR) is 159 cm³/mol. The molecule has 0 aliphatic heterocycles. The molecule has 0 bridgehead atoms. The predicted octanol–water partition coefficient (Wildman–Crippen LogP) is 7.51. The lowest BCUT2D eigenvalue weighted by Crippen LogP contribution is -2.39. The summed E-state index contributed by atoms with van der Waals surface area (Å²) in [7, 11) is 3.48. The van der Waals surface area contributed by atoms with Gasteiger partial charge in [0.1, 0.15) is 13.2 Å². The summed E-state index contributed by atoms with van der Waals surface area (Å²) < 4.78 is 22.5. The topological polar surface area (TPSA) is 88.1 Å². The minimum Gasteiger partial charge on any atom is -0.338 e. The lowest BCUT2D eigenvalue weighted by Gasteiger charge is -2.24. The van der Waals surface area contributed by atoms with Crippen LogP contribution in [0.25, 0.3) is 0 Å². The van der Waals surface area contributed by atoms with Gasteiger partial charge >= 0.3 is 13.9 Å². The molecule has 0 spiro atoms. The van der Waals surface area contributed by atoms with Crippen LogP contribution in [0.3, 0.4) is 0 Å². The van der Waals surface area contributed by atoms with Gasteiger partial charge in [-0.2, -0.15) is 0 Å². The molecule has 8 nitrogen and oxygen atoms in total. The summed E-state index contributed by atoms with van der Waals surface area (Å²) in [4.78, 5) is 23.3. The molecule has 2 N–H and O–H groups in total. The lowest BCUT2D eigenvalue weighted by molar-refractivity contribution is -0.870. The Morgan fingerprint density at radius 3 is 1.55 bits per heavy atom. The van der Waals surface area contributed by atoms with E-state index in [2.05, 4.69) is 12.2 Å². The molecule has 0 aromatic heterocycles. The summed E-state index contributed by atoms with van der Waals surface area (Å²) in [5, 5.41) is 2.90. The van der Waals surface area contributed by atoms with E-state index in [1.165, 1.54) is 108 Å². The van der Waals surface area contributed by atoms with Gasteiger partial charge in [-0.25, -0.2) is 9.36 Å². The van der Waals surface area contributed by atoms with Crippen LogP contribution in [0.1, 0.15) is 122 Å². The second kappa shape index (κ2) is 24.2. The van der Waals surface area contributed by atoms with Gasteiger partial charge in [-0.3, -0.25) is 9.05 Å². The van der Waals surface area contributed by atoms with Crippen LogP contribution in [0.15, 0.2) is 0 Å². The highest BCUT2D eigenvalue weighted by atomic mass is 31.2. The Balaban J connectivity index is 3.47. The van der Waals surface area contributed by atoms with Gasteiger partial charge in [0.15, 0.2) is 0 Å². The third-order valence-electron chi connectivity index (χ3n) is 6.85. The van der Waals surface area contributed by atoms with Crippen molar-refractivity contribution in [2.75, 3.05) is 61.0 Å². The number of hydrogen-bond acceptors (Lipinski definition) is 4. The second-order valence-electron chi connectivity index (χ2n) is 11.8. The van der Waals surface area contributed by atoms with Crippen molar-refractivity contribution in [3.8, 4) is 0 Å². The average Bonchev–Trinajstić information content (AvgIpc) is 2.84. The first-order valence-electron chi connectivity index (χ1n) is 15.5. The Labute approximate surface area is 235 Å².